The van der Waals surface area contributed by atoms with E-state index in [1.807, 2.05) is 31.2 Å². The lowest BCUT2D eigenvalue weighted by Gasteiger charge is -2.29. The summed E-state index contributed by atoms with van der Waals surface area (Å²) in [7, 11) is 0. The van der Waals surface area contributed by atoms with Crippen molar-refractivity contribution in [2.24, 2.45) is 11.8 Å². The molecule has 0 amide bonds. The van der Waals surface area contributed by atoms with Crippen LogP contribution < -0.4 is 0 Å². The third-order valence-corrected chi connectivity index (χ3v) is 7.93. The molecule has 0 aromatic heterocycles. The first kappa shape index (κ1) is 24.8. The van der Waals surface area contributed by atoms with Gasteiger partial charge >= 0.3 is 0 Å². The summed E-state index contributed by atoms with van der Waals surface area (Å²) in [4.78, 5) is 0. The van der Waals surface area contributed by atoms with Gasteiger partial charge in [0.2, 0.25) is 0 Å². The van der Waals surface area contributed by atoms with E-state index < -0.39 is 11.6 Å². The van der Waals surface area contributed by atoms with Crippen molar-refractivity contribution >= 4 is 0 Å². The summed E-state index contributed by atoms with van der Waals surface area (Å²) in [6.07, 6.45) is 13.5. The maximum absolute atomic E-state index is 15.1. The number of aryl methyl sites for hydroxylation is 1. The largest absolute Gasteiger partial charge is 0.212 e. The average Bonchev–Trinajstić information content (AvgIpc) is 2.86. The normalized spacial score (nSPS) is 22.9. The SMILES string of the molecule is CCCC1CCC(c2ccc(-c3ccc(CCC4=CC[C@H](CC)C(F)=C4)cc3)c(F)c2F)CC1. The van der Waals surface area contributed by atoms with E-state index in [2.05, 4.69) is 13.0 Å². The predicted molar refractivity (Wildman–Crippen MR) is 135 cm³/mol. The van der Waals surface area contributed by atoms with Crippen molar-refractivity contribution in [1.82, 2.24) is 0 Å². The fourth-order valence-electron chi connectivity index (χ4n) is 5.71. The molecular weight excluding hydrogens is 429 g/mol. The molecule has 4 rings (SSSR count). The van der Waals surface area contributed by atoms with Crippen LogP contribution in [0.15, 0.2) is 60.0 Å². The van der Waals surface area contributed by atoms with Crippen molar-refractivity contribution in [3.05, 3.63) is 82.7 Å². The number of benzene rings is 2. The Hall–Kier alpha value is -2.29. The van der Waals surface area contributed by atoms with Gasteiger partial charge in [0.25, 0.3) is 0 Å². The summed E-state index contributed by atoms with van der Waals surface area (Å²) in [5, 5.41) is 0. The molecule has 0 unspecified atom stereocenters. The van der Waals surface area contributed by atoms with Gasteiger partial charge in [-0.2, -0.15) is 0 Å². The summed E-state index contributed by atoms with van der Waals surface area (Å²) in [5.74, 6) is -0.529. The van der Waals surface area contributed by atoms with Gasteiger partial charge in [-0.1, -0.05) is 69.2 Å². The second kappa shape index (κ2) is 11.4. The maximum atomic E-state index is 15.1. The Bertz CT molecular complexity index is 1020. The molecule has 0 saturated heterocycles. The topological polar surface area (TPSA) is 0 Å². The van der Waals surface area contributed by atoms with Crippen molar-refractivity contribution in [3.63, 3.8) is 0 Å². The van der Waals surface area contributed by atoms with Crippen LogP contribution in [0, 0.1) is 23.5 Å². The molecule has 2 aliphatic carbocycles. The first-order valence-electron chi connectivity index (χ1n) is 13.1. The Balaban J connectivity index is 1.40. The average molecular weight is 467 g/mol. The lowest BCUT2D eigenvalue weighted by atomic mass is 9.77. The second-order valence-electron chi connectivity index (χ2n) is 10.2. The lowest BCUT2D eigenvalue weighted by molar-refractivity contribution is 0.303. The molecular formula is C31H37F3. The number of hydrogen-bond donors (Lipinski definition) is 0. The molecule has 1 fully saturated rings. The number of allylic oxidation sites excluding steroid dienone is 4. The van der Waals surface area contributed by atoms with Crippen LogP contribution in [0.5, 0.6) is 0 Å². The molecule has 182 valence electrons. The van der Waals surface area contributed by atoms with E-state index >= 15 is 8.78 Å². The first-order chi connectivity index (χ1) is 16.5. The van der Waals surface area contributed by atoms with Gasteiger partial charge in [0, 0.05) is 11.5 Å². The predicted octanol–water partition coefficient (Wildman–Crippen LogP) is 9.85. The summed E-state index contributed by atoms with van der Waals surface area (Å²) in [5.41, 5.74) is 3.69. The molecule has 2 aromatic carbocycles. The quantitative estimate of drug-likeness (QED) is 0.363. The number of rotatable bonds is 8. The van der Waals surface area contributed by atoms with Crippen molar-refractivity contribution in [3.8, 4) is 11.1 Å². The molecule has 0 radical (unpaired) electrons. The van der Waals surface area contributed by atoms with Crippen molar-refractivity contribution in [2.75, 3.05) is 0 Å². The zero-order valence-electron chi connectivity index (χ0n) is 20.6. The van der Waals surface area contributed by atoms with Crippen LogP contribution in [0.25, 0.3) is 11.1 Å². The van der Waals surface area contributed by atoms with E-state index in [1.54, 1.807) is 18.2 Å². The van der Waals surface area contributed by atoms with Gasteiger partial charge in [-0.15, -0.1) is 0 Å². The van der Waals surface area contributed by atoms with Crippen LogP contribution in [0.4, 0.5) is 13.2 Å². The molecule has 0 aliphatic heterocycles. The number of hydrogen-bond acceptors (Lipinski definition) is 0. The summed E-state index contributed by atoms with van der Waals surface area (Å²) < 4.78 is 44.2. The lowest BCUT2D eigenvalue weighted by Crippen LogP contribution is -2.14. The fraction of sp³-hybridized carbons (Fsp3) is 0.484. The smallest absolute Gasteiger partial charge is 0.166 e. The van der Waals surface area contributed by atoms with Crippen LogP contribution >= 0.6 is 0 Å². The van der Waals surface area contributed by atoms with E-state index in [9.17, 15) is 4.39 Å². The fourth-order valence-corrected chi connectivity index (χ4v) is 5.71. The van der Waals surface area contributed by atoms with Crippen LogP contribution in [0.3, 0.4) is 0 Å². The second-order valence-corrected chi connectivity index (χ2v) is 10.2. The van der Waals surface area contributed by atoms with Gasteiger partial charge in [0.1, 0.15) is 5.83 Å². The molecule has 0 N–H and O–H groups in total. The molecule has 0 heterocycles. The zero-order chi connectivity index (χ0) is 24.1. The van der Waals surface area contributed by atoms with Gasteiger partial charge in [0.15, 0.2) is 11.6 Å². The molecule has 2 aliphatic rings. The summed E-state index contributed by atoms with van der Waals surface area (Å²) in [6.45, 7) is 4.22. The third-order valence-electron chi connectivity index (χ3n) is 7.93. The molecule has 1 atom stereocenters. The Kier molecular flexibility index (Phi) is 8.34. The van der Waals surface area contributed by atoms with Gasteiger partial charge in [-0.05, 0) is 91.5 Å². The van der Waals surface area contributed by atoms with Gasteiger partial charge in [0.05, 0.1) is 0 Å². The van der Waals surface area contributed by atoms with Crippen molar-refractivity contribution < 1.29 is 13.2 Å². The minimum atomic E-state index is -0.737. The van der Waals surface area contributed by atoms with Gasteiger partial charge in [-0.25, -0.2) is 13.2 Å². The maximum Gasteiger partial charge on any atom is 0.166 e. The van der Waals surface area contributed by atoms with E-state index in [0.717, 1.165) is 68.4 Å². The monoisotopic (exact) mass is 466 g/mol. The van der Waals surface area contributed by atoms with E-state index in [4.69, 9.17) is 0 Å². The Labute approximate surface area is 203 Å². The molecule has 34 heavy (non-hydrogen) atoms. The zero-order valence-corrected chi connectivity index (χ0v) is 20.6. The minimum Gasteiger partial charge on any atom is -0.212 e. The third kappa shape index (κ3) is 5.67. The minimum absolute atomic E-state index is 0.00898. The van der Waals surface area contributed by atoms with Crippen LogP contribution in [-0.4, -0.2) is 0 Å². The number of halogens is 3. The molecule has 3 heteroatoms. The highest BCUT2D eigenvalue weighted by Gasteiger charge is 2.26. The standard InChI is InChI=1S/C31H37F3/c1-3-5-21-8-14-25(15-9-21)27-18-19-28(31(34)30(27)33)26-16-10-22(11-17-26)6-7-23-12-13-24(4-2)29(32)20-23/h10-12,16-21,24-25H,3-9,13-15H2,1-2H3/t21?,24-,25?/m0/s1. The summed E-state index contributed by atoms with van der Waals surface area (Å²) in [6, 6.07) is 11.2. The summed E-state index contributed by atoms with van der Waals surface area (Å²) >= 11 is 0. The highest BCUT2D eigenvalue weighted by molar-refractivity contribution is 5.65. The van der Waals surface area contributed by atoms with E-state index in [0.29, 0.717) is 16.7 Å². The van der Waals surface area contributed by atoms with Crippen molar-refractivity contribution in [2.45, 2.75) is 84.0 Å². The highest BCUT2D eigenvalue weighted by atomic mass is 19.2. The molecule has 0 nitrogen and oxygen atoms in total. The molecule has 0 bridgehead atoms. The van der Waals surface area contributed by atoms with E-state index in [1.165, 1.54) is 12.8 Å². The molecule has 0 spiro atoms. The van der Waals surface area contributed by atoms with Gasteiger partial charge in [-0.3, -0.25) is 0 Å². The van der Waals surface area contributed by atoms with Crippen LogP contribution in [-0.2, 0) is 6.42 Å². The van der Waals surface area contributed by atoms with Crippen LogP contribution in [0.1, 0.15) is 88.7 Å². The van der Waals surface area contributed by atoms with Gasteiger partial charge < -0.3 is 0 Å². The first-order valence-corrected chi connectivity index (χ1v) is 13.1. The highest BCUT2D eigenvalue weighted by Crippen LogP contribution is 2.40. The Morgan fingerprint density at radius 3 is 2.21 bits per heavy atom. The Morgan fingerprint density at radius 2 is 1.56 bits per heavy atom. The Morgan fingerprint density at radius 1 is 0.824 bits per heavy atom. The molecule has 1 saturated carbocycles. The van der Waals surface area contributed by atoms with Crippen molar-refractivity contribution in [1.29, 1.82) is 0 Å². The van der Waals surface area contributed by atoms with Crippen LogP contribution in [0.2, 0.25) is 0 Å². The van der Waals surface area contributed by atoms with E-state index in [-0.39, 0.29) is 17.7 Å². The molecule has 2 aromatic rings.